The number of thiazole rings is 1. The van der Waals surface area contributed by atoms with Crippen molar-refractivity contribution in [1.82, 2.24) is 9.88 Å². The summed E-state index contributed by atoms with van der Waals surface area (Å²) < 4.78 is 0. The molecule has 0 saturated carbocycles. The summed E-state index contributed by atoms with van der Waals surface area (Å²) in [5.74, 6) is -0.725. The van der Waals surface area contributed by atoms with Crippen LogP contribution in [0.2, 0.25) is 0 Å². The molecule has 0 aliphatic carbocycles. The topological polar surface area (TPSA) is 53.4 Å². The Morgan fingerprint density at radius 3 is 2.93 bits per heavy atom. The molecule has 0 bridgehead atoms. The lowest BCUT2D eigenvalue weighted by Crippen LogP contribution is -2.19. The average Bonchev–Trinajstić information content (AvgIpc) is 2.50. The maximum absolute atomic E-state index is 10.3. The summed E-state index contributed by atoms with van der Waals surface area (Å²) >= 11 is 1.69. The van der Waals surface area contributed by atoms with E-state index in [1.165, 1.54) is 4.88 Å². The Bertz CT molecular complexity index is 325. The molecule has 0 unspecified atom stereocenters. The fourth-order valence-corrected chi connectivity index (χ4v) is 2.20. The summed E-state index contributed by atoms with van der Waals surface area (Å²) in [6.45, 7) is 3.65. The van der Waals surface area contributed by atoms with Crippen molar-refractivity contribution in [1.29, 1.82) is 0 Å². The molecule has 0 fully saturated rings. The molecule has 0 radical (unpaired) electrons. The Balaban J connectivity index is 2.24. The molecule has 15 heavy (non-hydrogen) atoms. The molecule has 0 saturated heterocycles. The van der Waals surface area contributed by atoms with Gasteiger partial charge in [-0.3, -0.25) is 4.79 Å². The first-order chi connectivity index (χ1) is 7.08. The van der Waals surface area contributed by atoms with Gasteiger partial charge in [-0.15, -0.1) is 11.3 Å². The van der Waals surface area contributed by atoms with E-state index in [2.05, 4.69) is 9.88 Å². The summed E-state index contributed by atoms with van der Waals surface area (Å²) in [5, 5.41) is 9.57. The fourth-order valence-electron chi connectivity index (χ4n) is 1.32. The van der Waals surface area contributed by atoms with Crippen molar-refractivity contribution in [2.24, 2.45) is 0 Å². The zero-order valence-corrected chi connectivity index (χ0v) is 9.88. The van der Waals surface area contributed by atoms with Crippen molar-refractivity contribution in [2.45, 2.75) is 26.3 Å². The summed E-state index contributed by atoms with van der Waals surface area (Å²) in [4.78, 5) is 17.8. The third kappa shape index (κ3) is 4.90. The number of nitrogens with zero attached hydrogens (tertiary/aromatic N) is 2. The van der Waals surface area contributed by atoms with E-state index in [4.69, 9.17) is 5.11 Å². The number of carbonyl (C=O) groups is 1. The molecule has 0 aromatic carbocycles. The van der Waals surface area contributed by atoms with Crippen molar-refractivity contribution < 1.29 is 9.90 Å². The Hall–Kier alpha value is -0.940. The monoisotopic (exact) mass is 228 g/mol. The highest BCUT2D eigenvalue weighted by Gasteiger charge is 2.04. The number of hydrogen-bond donors (Lipinski definition) is 1. The predicted octanol–water partition coefficient (Wildman–Crippen LogP) is 1.75. The van der Waals surface area contributed by atoms with Gasteiger partial charge in [-0.2, -0.15) is 0 Å². The molecule has 0 aliphatic rings. The van der Waals surface area contributed by atoms with E-state index in [0.717, 1.165) is 18.1 Å². The van der Waals surface area contributed by atoms with Crippen LogP contribution in [0.1, 0.15) is 22.7 Å². The second-order valence-corrected chi connectivity index (χ2v) is 4.90. The largest absolute Gasteiger partial charge is 0.481 e. The summed E-state index contributed by atoms with van der Waals surface area (Å²) in [5.41, 5.74) is 0. The van der Waals surface area contributed by atoms with Crippen LogP contribution in [0.3, 0.4) is 0 Å². The summed E-state index contributed by atoms with van der Waals surface area (Å²) in [6.07, 6.45) is 2.82. The molecule has 4 nitrogen and oxygen atoms in total. The minimum absolute atomic E-state index is 0.242. The highest BCUT2D eigenvalue weighted by atomic mass is 32.1. The SMILES string of the molecule is Cc1ncc(CN(C)CCCC(=O)O)s1. The third-order valence-corrected chi connectivity index (χ3v) is 2.92. The van der Waals surface area contributed by atoms with Crippen LogP contribution in [0.4, 0.5) is 0 Å². The second-order valence-electron chi connectivity index (χ2n) is 3.58. The van der Waals surface area contributed by atoms with Gasteiger partial charge in [0.25, 0.3) is 0 Å². The summed E-state index contributed by atoms with van der Waals surface area (Å²) in [7, 11) is 2.00. The fraction of sp³-hybridized carbons (Fsp3) is 0.600. The van der Waals surface area contributed by atoms with Crippen LogP contribution in [-0.4, -0.2) is 34.6 Å². The highest BCUT2D eigenvalue weighted by Crippen LogP contribution is 2.13. The van der Waals surface area contributed by atoms with Crippen LogP contribution in [0.25, 0.3) is 0 Å². The molecule has 0 atom stereocenters. The smallest absolute Gasteiger partial charge is 0.303 e. The van der Waals surface area contributed by atoms with Gasteiger partial charge in [-0.1, -0.05) is 0 Å². The molecule has 0 aliphatic heterocycles. The molecule has 84 valence electrons. The van der Waals surface area contributed by atoms with Gasteiger partial charge in [0.2, 0.25) is 0 Å². The van der Waals surface area contributed by atoms with E-state index in [-0.39, 0.29) is 6.42 Å². The van der Waals surface area contributed by atoms with Crippen molar-refractivity contribution in [3.8, 4) is 0 Å². The zero-order valence-electron chi connectivity index (χ0n) is 9.06. The number of aliphatic carboxylic acids is 1. The number of carboxylic acid groups (broad SMARTS) is 1. The highest BCUT2D eigenvalue weighted by molar-refractivity contribution is 7.11. The molecule has 1 aromatic heterocycles. The number of aryl methyl sites for hydroxylation is 1. The van der Waals surface area contributed by atoms with Gasteiger partial charge in [0, 0.05) is 24.0 Å². The first-order valence-corrected chi connectivity index (χ1v) is 5.71. The van der Waals surface area contributed by atoms with E-state index >= 15 is 0 Å². The van der Waals surface area contributed by atoms with Crippen LogP contribution in [0.5, 0.6) is 0 Å². The van der Waals surface area contributed by atoms with E-state index < -0.39 is 5.97 Å². The number of aromatic nitrogens is 1. The van der Waals surface area contributed by atoms with Gasteiger partial charge in [-0.25, -0.2) is 4.98 Å². The number of rotatable bonds is 6. The molecule has 0 amide bonds. The van der Waals surface area contributed by atoms with Gasteiger partial charge in [0.1, 0.15) is 0 Å². The number of carboxylic acids is 1. The van der Waals surface area contributed by atoms with E-state index in [0.29, 0.717) is 6.42 Å². The van der Waals surface area contributed by atoms with Crippen molar-refractivity contribution in [3.05, 3.63) is 16.1 Å². The van der Waals surface area contributed by atoms with Gasteiger partial charge in [0.15, 0.2) is 0 Å². The Kier molecular flexibility index (Phi) is 4.71. The normalized spacial score (nSPS) is 10.9. The van der Waals surface area contributed by atoms with Crippen molar-refractivity contribution >= 4 is 17.3 Å². The molecule has 5 heteroatoms. The Labute approximate surface area is 93.6 Å². The summed E-state index contributed by atoms with van der Waals surface area (Å²) in [6, 6.07) is 0. The van der Waals surface area contributed by atoms with Gasteiger partial charge >= 0.3 is 5.97 Å². The van der Waals surface area contributed by atoms with Crippen LogP contribution < -0.4 is 0 Å². The lowest BCUT2D eigenvalue weighted by Gasteiger charge is -2.14. The lowest BCUT2D eigenvalue weighted by atomic mass is 10.3. The maximum atomic E-state index is 10.3. The van der Waals surface area contributed by atoms with E-state index in [9.17, 15) is 4.79 Å². The molecule has 0 spiro atoms. The maximum Gasteiger partial charge on any atom is 0.303 e. The minimum Gasteiger partial charge on any atom is -0.481 e. The van der Waals surface area contributed by atoms with Crippen LogP contribution in [0, 0.1) is 6.92 Å². The van der Waals surface area contributed by atoms with Gasteiger partial charge in [0.05, 0.1) is 5.01 Å². The van der Waals surface area contributed by atoms with Crippen molar-refractivity contribution in [2.75, 3.05) is 13.6 Å². The second kappa shape index (κ2) is 5.82. The zero-order chi connectivity index (χ0) is 11.3. The molecule has 1 aromatic rings. The number of hydrogen-bond acceptors (Lipinski definition) is 4. The molecule has 1 N–H and O–H groups in total. The molecular formula is C10H16N2O2S. The predicted molar refractivity (Wildman–Crippen MR) is 60.1 cm³/mol. The molecular weight excluding hydrogens is 212 g/mol. The van der Waals surface area contributed by atoms with Gasteiger partial charge < -0.3 is 10.0 Å². The third-order valence-electron chi connectivity index (χ3n) is 2.03. The Morgan fingerprint density at radius 1 is 1.67 bits per heavy atom. The molecule has 1 rings (SSSR count). The minimum atomic E-state index is -0.725. The first kappa shape index (κ1) is 12.1. The van der Waals surface area contributed by atoms with E-state index in [1.807, 2.05) is 20.2 Å². The van der Waals surface area contributed by atoms with Crippen LogP contribution in [-0.2, 0) is 11.3 Å². The Morgan fingerprint density at radius 2 is 2.40 bits per heavy atom. The van der Waals surface area contributed by atoms with Crippen LogP contribution in [0.15, 0.2) is 6.20 Å². The molecule has 1 heterocycles. The van der Waals surface area contributed by atoms with E-state index in [1.54, 1.807) is 11.3 Å². The quantitative estimate of drug-likeness (QED) is 0.806. The average molecular weight is 228 g/mol. The lowest BCUT2D eigenvalue weighted by molar-refractivity contribution is -0.137. The van der Waals surface area contributed by atoms with Gasteiger partial charge in [-0.05, 0) is 26.9 Å². The standard InChI is InChI=1S/C10H16N2O2S/c1-8-11-6-9(15-8)7-12(2)5-3-4-10(13)14/h6H,3-5,7H2,1-2H3,(H,13,14). The first-order valence-electron chi connectivity index (χ1n) is 4.89. The van der Waals surface area contributed by atoms with Crippen LogP contribution >= 0.6 is 11.3 Å². The van der Waals surface area contributed by atoms with Crippen molar-refractivity contribution in [3.63, 3.8) is 0 Å².